The largest absolute Gasteiger partial charge is 0.504 e. The molecule has 2 N–H and O–H groups in total. The van der Waals surface area contributed by atoms with Crippen LogP contribution in [0, 0.1) is 0 Å². The van der Waals surface area contributed by atoms with Crippen LogP contribution in [-0.2, 0) is 6.54 Å². The summed E-state index contributed by atoms with van der Waals surface area (Å²) in [7, 11) is 1.58. The minimum atomic E-state index is 0.201. The van der Waals surface area contributed by atoms with E-state index in [0.29, 0.717) is 11.8 Å². The van der Waals surface area contributed by atoms with E-state index in [0.717, 1.165) is 26.2 Å². The minimum absolute atomic E-state index is 0.201. The fourth-order valence-corrected chi connectivity index (χ4v) is 2.61. The maximum atomic E-state index is 9.61. The van der Waals surface area contributed by atoms with E-state index in [1.54, 1.807) is 13.2 Å². The van der Waals surface area contributed by atoms with E-state index >= 15 is 0 Å². The van der Waals surface area contributed by atoms with Gasteiger partial charge in [0.25, 0.3) is 0 Å². The second-order valence-electron chi connectivity index (χ2n) is 5.13. The second-order valence-corrected chi connectivity index (χ2v) is 5.13. The summed E-state index contributed by atoms with van der Waals surface area (Å²) >= 11 is 0. The van der Waals surface area contributed by atoms with Crippen LogP contribution in [0.2, 0.25) is 0 Å². The molecule has 1 heterocycles. The van der Waals surface area contributed by atoms with Gasteiger partial charge in [0, 0.05) is 19.1 Å². The number of likely N-dealkylation sites (N-methyl/N-ethyl adjacent to an activating group) is 1. The Kier molecular flexibility index (Phi) is 5.05. The van der Waals surface area contributed by atoms with Gasteiger partial charge in [-0.3, -0.25) is 4.90 Å². The zero-order valence-corrected chi connectivity index (χ0v) is 11.9. The van der Waals surface area contributed by atoms with Crippen molar-refractivity contribution >= 4 is 0 Å². The van der Waals surface area contributed by atoms with Gasteiger partial charge in [-0.2, -0.15) is 0 Å². The lowest BCUT2D eigenvalue weighted by Crippen LogP contribution is -2.37. The van der Waals surface area contributed by atoms with Gasteiger partial charge in [0.1, 0.15) is 0 Å². The van der Waals surface area contributed by atoms with Crippen molar-refractivity contribution in [2.45, 2.75) is 32.4 Å². The number of phenolic OH excluding ortho intramolecular Hbond substituents is 1. The predicted octanol–water partition coefficient (Wildman–Crippen LogP) is 1.97. The first kappa shape index (κ1) is 14.2. The summed E-state index contributed by atoms with van der Waals surface area (Å²) < 4.78 is 5.15. The monoisotopic (exact) mass is 264 g/mol. The lowest BCUT2D eigenvalue weighted by atomic mass is 10.1. The molecule has 19 heavy (non-hydrogen) atoms. The molecule has 0 spiro atoms. The fraction of sp³-hybridized carbons (Fsp3) is 0.600. The van der Waals surface area contributed by atoms with Gasteiger partial charge in [0.2, 0.25) is 0 Å². The Hall–Kier alpha value is -1.26. The minimum Gasteiger partial charge on any atom is -0.504 e. The number of phenols is 1. The number of hydrogen-bond acceptors (Lipinski definition) is 4. The zero-order chi connectivity index (χ0) is 13.7. The first-order valence-electron chi connectivity index (χ1n) is 7.04. The first-order chi connectivity index (χ1) is 9.22. The molecule has 0 aromatic heterocycles. The van der Waals surface area contributed by atoms with E-state index in [1.165, 1.54) is 18.4 Å². The van der Waals surface area contributed by atoms with Gasteiger partial charge in [-0.05, 0) is 43.6 Å². The summed E-state index contributed by atoms with van der Waals surface area (Å²) in [6, 6.07) is 6.21. The molecule has 2 rings (SSSR count). The van der Waals surface area contributed by atoms with Crippen LogP contribution in [0.4, 0.5) is 0 Å². The van der Waals surface area contributed by atoms with Crippen LogP contribution in [0.25, 0.3) is 0 Å². The Morgan fingerprint density at radius 1 is 1.47 bits per heavy atom. The SMILES string of the molecule is CCN(Cc1ccc(O)c(OC)c1)CC1CCCN1. The number of nitrogens with one attached hydrogen (secondary N) is 1. The molecule has 4 heteroatoms. The summed E-state index contributed by atoms with van der Waals surface area (Å²) in [6.45, 7) is 6.34. The van der Waals surface area contributed by atoms with Gasteiger partial charge in [-0.15, -0.1) is 0 Å². The normalized spacial score (nSPS) is 19.0. The van der Waals surface area contributed by atoms with Crippen molar-refractivity contribution in [2.75, 3.05) is 26.7 Å². The molecule has 106 valence electrons. The molecule has 1 aliphatic heterocycles. The summed E-state index contributed by atoms with van der Waals surface area (Å²) in [5, 5.41) is 13.1. The van der Waals surface area contributed by atoms with Crippen molar-refractivity contribution in [2.24, 2.45) is 0 Å². The van der Waals surface area contributed by atoms with Crippen molar-refractivity contribution in [1.82, 2.24) is 10.2 Å². The highest BCUT2D eigenvalue weighted by molar-refractivity contribution is 5.41. The predicted molar refractivity (Wildman–Crippen MR) is 76.6 cm³/mol. The average molecular weight is 264 g/mol. The Balaban J connectivity index is 1.96. The summed E-state index contributed by atoms with van der Waals surface area (Å²) in [5.74, 6) is 0.749. The highest BCUT2D eigenvalue weighted by Gasteiger charge is 2.17. The van der Waals surface area contributed by atoms with Crippen LogP contribution in [0.3, 0.4) is 0 Å². The van der Waals surface area contributed by atoms with E-state index in [4.69, 9.17) is 4.74 Å². The van der Waals surface area contributed by atoms with Crippen LogP contribution in [0.1, 0.15) is 25.3 Å². The van der Waals surface area contributed by atoms with E-state index in [9.17, 15) is 5.11 Å². The van der Waals surface area contributed by atoms with Crippen molar-refractivity contribution in [3.8, 4) is 11.5 Å². The molecule has 1 aliphatic rings. The second kappa shape index (κ2) is 6.78. The molecule has 1 fully saturated rings. The van der Waals surface area contributed by atoms with Crippen molar-refractivity contribution in [1.29, 1.82) is 0 Å². The third-order valence-corrected chi connectivity index (χ3v) is 3.74. The molecule has 0 amide bonds. The van der Waals surface area contributed by atoms with Gasteiger partial charge in [0.05, 0.1) is 7.11 Å². The summed E-state index contributed by atoms with van der Waals surface area (Å²) in [4.78, 5) is 2.43. The Morgan fingerprint density at radius 3 is 2.95 bits per heavy atom. The van der Waals surface area contributed by atoms with E-state index in [-0.39, 0.29) is 5.75 Å². The van der Waals surface area contributed by atoms with E-state index in [1.807, 2.05) is 12.1 Å². The topological polar surface area (TPSA) is 44.7 Å². The molecule has 1 unspecified atom stereocenters. The average Bonchev–Trinajstić information content (AvgIpc) is 2.93. The highest BCUT2D eigenvalue weighted by atomic mass is 16.5. The molecule has 0 aliphatic carbocycles. The molecular formula is C15H24N2O2. The third kappa shape index (κ3) is 3.85. The molecule has 1 aromatic carbocycles. The molecular weight excluding hydrogens is 240 g/mol. The van der Waals surface area contributed by atoms with Crippen LogP contribution in [-0.4, -0.2) is 42.8 Å². The van der Waals surface area contributed by atoms with Gasteiger partial charge in [-0.25, -0.2) is 0 Å². The zero-order valence-electron chi connectivity index (χ0n) is 11.9. The van der Waals surface area contributed by atoms with Crippen LogP contribution < -0.4 is 10.1 Å². The van der Waals surface area contributed by atoms with Gasteiger partial charge in [0.15, 0.2) is 11.5 Å². The molecule has 1 saturated heterocycles. The van der Waals surface area contributed by atoms with Crippen molar-refractivity contribution in [3.05, 3.63) is 23.8 Å². The Bertz CT molecular complexity index is 403. The maximum Gasteiger partial charge on any atom is 0.160 e. The van der Waals surface area contributed by atoms with Crippen molar-refractivity contribution < 1.29 is 9.84 Å². The lowest BCUT2D eigenvalue weighted by Gasteiger charge is -2.24. The summed E-state index contributed by atoms with van der Waals surface area (Å²) in [6.07, 6.45) is 2.56. The van der Waals surface area contributed by atoms with Crippen molar-refractivity contribution in [3.63, 3.8) is 0 Å². The van der Waals surface area contributed by atoms with Crippen LogP contribution >= 0.6 is 0 Å². The number of methoxy groups -OCH3 is 1. The molecule has 0 saturated carbocycles. The number of nitrogens with zero attached hydrogens (tertiary/aromatic N) is 1. The van der Waals surface area contributed by atoms with Crippen LogP contribution in [0.15, 0.2) is 18.2 Å². The smallest absolute Gasteiger partial charge is 0.160 e. The number of hydrogen-bond donors (Lipinski definition) is 2. The number of ether oxygens (including phenoxy) is 1. The standard InChI is InChI=1S/C15H24N2O2/c1-3-17(11-13-5-4-8-16-13)10-12-6-7-14(18)15(9-12)19-2/h6-7,9,13,16,18H,3-5,8,10-11H2,1-2H3. The lowest BCUT2D eigenvalue weighted by molar-refractivity contribution is 0.253. The van der Waals surface area contributed by atoms with Crippen LogP contribution in [0.5, 0.6) is 11.5 Å². The fourth-order valence-electron chi connectivity index (χ4n) is 2.61. The number of rotatable bonds is 6. The van der Waals surface area contributed by atoms with E-state index in [2.05, 4.69) is 17.1 Å². The first-order valence-corrected chi connectivity index (χ1v) is 7.04. The van der Waals surface area contributed by atoms with Gasteiger partial charge < -0.3 is 15.2 Å². The maximum absolute atomic E-state index is 9.61. The van der Waals surface area contributed by atoms with Gasteiger partial charge >= 0.3 is 0 Å². The quantitative estimate of drug-likeness (QED) is 0.824. The molecule has 0 radical (unpaired) electrons. The van der Waals surface area contributed by atoms with E-state index < -0.39 is 0 Å². The Morgan fingerprint density at radius 2 is 2.32 bits per heavy atom. The molecule has 4 nitrogen and oxygen atoms in total. The highest BCUT2D eigenvalue weighted by Crippen LogP contribution is 2.26. The van der Waals surface area contributed by atoms with Gasteiger partial charge in [-0.1, -0.05) is 13.0 Å². The molecule has 1 atom stereocenters. The molecule has 1 aromatic rings. The third-order valence-electron chi connectivity index (χ3n) is 3.74. The summed E-state index contributed by atoms with van der Waals surface area (Å²) in [5.41, 5.74) is 1.18. The molecule has 0 bridgehead atoms. The number of benzene rings is 1. The Labute approximate surface area is 115 Å². The number of aromatic hydroxyl groups is 1.